The maximum Gasteiger partial charge on any atom is 0.0729 e. The van der Waals surface area contributed by atoms with Crippen LogP contribution in [0.25, 0.3) is 10.1 Å². The van der Waals surface area contributed by atoms with E-state index in [4.69, 9.17) is 4.74 Å². The highest BCUT2D eigenvalue weighted by Gasteiger charge is 2.18. The zero-order valence-corrected chi connectivity index (χ0v) is 8.51. The van der Waals surface area contributed by atoms with Crippen molar-refractivity contribution in [2.45, 2.75) is 6.04 Å². The molecule has 3 heteroatoms. The highest BCUT2D eigenvalue weighted by Crippen LogP contribution is 2.30. The summed E-state index contributed by atoms with van der Waals surface area (Å²) in [7, 11) is 0. The number of ether oxygens (including phenoxy) is 1. The molecule has 3 rings (SSSR count). The minimum absolute atomic E-state index is 0.507. The molecule has 1 saturated heterocycles. The first-order chi connectivity index (χ1) is 6.93. The number of hydrogen-bond donors (Lipinski definition) is 1. The van der Waals surface area contributed by atoms with Gasteiger partial charge < -0.3 is 10.1 Å². The zero-order chi connectivity index (χ0) is 9.38. The molecule has 72 valence electrons. The first-order valence-corrected chi connectivity index (χ1v) is 5.62. The van der Waals surface area contributed by atoms with Gasteiger partial charge in [0.1, 0.15) is 0 Å². The van der Waals surface area contributed by atoms with Crippen LogP contribution in [0.3, 0.4) is 0 Å². The second-order valence-electron chi connectivity index (χ2n) is 3.52. The lowest BCUT2D eigenvalue weighted by atomic mass is 10.2. The van der Waals surface area contributed by atoms with Gasteiger partial charge in [-0.05, 0) is 6.07 Å². The largest absolute Gasteiger partial charge is 0.377 e. The smallest absolute Gasteiger partial charge is 0.0729 e. The molecular weight excluding hydrogens is 194 g/mol. The molecule has 0 aliphatic carbocycles. The number of thiophene rings is 1. The normalized spacial score (nSPS) is 16.9. The van der Waals surface area contributed by atoms with Crippen molar-refractivity contribution in [2.24, 2.45) is 0 Å². The van der Waals surface area contributed by atoms with Gasteiger partial charge in [0.05, 0.1) is 24.9 Å². The fraction of sp³-hybridized carbons (Fsp3) is 0.273. The summed E-state index contributed by atoms with van der Waals surface area (Å²) in [6.07, 6.45) is 0. The Balaban J connectivity index is 1.95. The van der Waals surface area contributed by atoms with Gasteiger partial charge in [0.15, 0.2) is 0 Å². The predicted molar refractivity (Wildman–Crippen MR) is 60.1 cm³/mol. The summed E-state index contributed by atoms with van der Waals surface area (Å²) >= 11 is 1.79. The van der Waals surface area contributed by atoms with E-state index in [1.165, 1.54) is 15.8 Å². The summed E-state index contributed by atoms with van der Waals surface area (Å²) in [4.78, 5) is 0. The van der Waals surface area contributed by atoms with Crippen LogP contribution < -0.4 is 5.32 Å². The molecule has 0 atom stereocenters. The molecular formula is C11H11NOS. The molecule has 1 N–H and O–H groups in total. The average Bonchev–Trinajstić information content (AvgIpc) is 2.55. The highest BCUT2D eigenvalue weighted by molar-refractivity contribution is 7.17. The first-order valence-electron chi connectivity index (χ1n) is 4.74. The molecule has 2 aromatic rings. The van der Waals surface area contributed by atoms with Gasteiger partial charge in [-0.2, -0.15) is 0 Å². The van der Waals surface area contributed by atoms with E-state index in [0.717, 1.165) is 13.2 Å². The quantitative estimate of drug-likeness (QED) is 0.814. The Bertz CT molecular complexity index is 447. The van der Waals surface area contributed by atoms with Gasteiger partial charge in [-0.15, -0.1) is 11.3 Å². The topological polar surface area (TPSA) is 21.3 Å². The Labute approximate surface area is 86.5 Å². The number of hydrogen-bond acceptors (Lipinski definition) is 3. The van der Waals surface area contributed by atoms with E-state index in [1.54, 1.807) is 11.3 Å². The van der Waals surface area contributed by atoms with E-state index in [9.17, 15) is 0 Å². The van der Waals surface area contributed by atoms with Crippen molar-refractivity contribution in [3.63, 3.8) is 0 Å². The van der Waals surface area contributed by atoms with Gasteiger partial charge in [0, 0.05) is 15.5 Å². The summed E-state index contributed by atoms with van der Waals surface area (Å²) in [6, 6.07) is 8.98. The number of rotatable bonds is 2. The van der Waals surface area contributed by atoms with Crippen molar-refractivity contribution in [2.75, 3.05) is 18.5 Å². The van der Waals surface area contributed by atoms with Gasteiger partial charge in [0.2, 0.25) is 0 Å². The lowest BCUT2D eigenvalue weighted by molar-refractivity contribution is 0.0212. The zero-order valence-electron chi connectivity index (χ0n) is 7.69. The third kappa shape index (κ3) is 1.29. The third-order valence-electron chi connectivity index (χ3n) is 2.48. The Morgan fingerprint density at radius 1 is 1.29 bits per heavy atom. The number of nitrogens with one attached hydrogen (secondary N) is 1. The average molecular weight is 205 g/mol. The summed E-state index contributed by atoms with van der Waals surface area (Å²) in [5.74, 6) is 0. The summed E-state index contributed by atoms with van der Waals surface area (Å²) in [5.41, 5.74) is 1.25. The molecule has 1 aliphatic heterocycles. The molecule has 0 saturated carbocycles. The lowest BCUT2D eigenvalue weighted by Gasteiger charge is -2.27. The maximum absolute atomic E-state index is 5.14. The molecule has 2 nitrogen and oxygen atoms in total. The van der Waals surface area contributed by atoms with Crippen LogP contribution in [0.15, 0.2) is 29.6 Å². The number of benzene rings is 1. The SMILES string of the molecule is c1ccc2c(NC3COC3)csc2c1. The van der Waals surface area contributed by atoms with Crippen LogP contribution in [-0.2, 0) is 4.74 Å². The van der Waals surface area contributed by atoms with Crippen molar-refractivity contribution in [3.8, 4) is 0 Å². The van der Waals surface area contributed by atoms with Crippen molar-refractivity contribution in [1.29, 1.82) is 0 Å². The van der Waals surface area contributed by atoms with E-state index in [0.29, 0.717) is 6.04 Å². The van der Waals surface area contributed by atoms with Crippen LogP contribution in [0, 0.1) is 0 Å². The van der Waals surface area contributed by atoms with Gasteiger partial charge >= 0.3 is 0 Å². The van der Waals surface area contributed by atoms with E-state index >= 15 is 0 Å². The minimum Gasteiger partial charge on any atom is -0.377 e. The van der Waals surface area contributed by atoms with Gasteiger partial charge in [0.25, 0.3) is 0 Å². The standard InChI is InChI=1S/C11H11NOS/c1-2-4-11-9(3-1)10(7-14-11)12-8-5-13-6-8/h1-4,7-8,12H,5-6H2. The fourth-order valence-electron chi connectivity index (χ4n) is 1.63. The van der Waals surface area contributed by atoms with Gasteiger partial charge in [-0.1, -0.05) is 18.2 Å². The first kappa shape index (κ1) is 8.26. The molecule has 0 radical (unpaired) electrons. The second-order valence-corrected chi connectivity index (χ2v) is 4.44. The monoisotopic (exact) mass is 205 g/mol. The molecule has 1 aromatic carbocycles. The molecule has 0 amide bonds. The molecule has 1 fully saturated rings. The summed E-state index contributed by atoms with van der Waals surface area (Å²) < 4.78 is 6.48. The molecule has 14 heavy (non-hydrogen) atoms. The van der Waals surface area contributed by atoms with Crippen LogP contribution in [0.2, 0.25) is 0 Å². The van der Waals surface area contributed by atoms with Crippen LogP contribution in [0.1, 0.15) is 0 Å². The Morgan fingerprint density at radius 3 is 2.93 bits per heavy atom. The van der Waals surface area contributed by atoms with Crippen LogP contribution >= 0.6 is 11.3 Å². The molecule has 0 unspecified atom stereocenters. The fourth-order valence-corrected chi connectivity index (χ4v) is 2.53. The van der Waals surface area contributed by atoms with E-state index < -0.39 is 0 Å². The molecule has 2 heterocycles. The number of fused-ring (bicyclic) bond motifs is 1. The Kier molecular flexibility index (Phi) is 1.92. The molecule has 0 spiro atoms. The lowest BCUT2D eigenvalue weighted by Crippen LogP contribution is -2.40. The van der Waals surface area contributed by atoms with Gasteiger partial charge in [-0.25, -0.2) is 0 Å². The second kappa shape index (κ2) is 3.26. The summed E-state index contributed by atoms with van der Waals surface area (Å²) in [6.45, 7) is 1.67. The van der Waals surface area contributed by atoms with Crippen molar-refractivity contribution < 1.29 is 4.74 Å². The summed E-state index contributed by atoms with van der Waals surface area (Å²) in [5, 5.41) is 6.99. The van der Waals surface area contributed by atoms with Crippen molar-refractivity contribution >= 4 is 27.1 Å². The van der Waals surface area contributed by atoms with E-state index in [1.807, 2.05) is 0 Å². The molecule has 1 aromatic heterocycles. The van der Waals surface area contributed by atoms with Gasteiger partial charge in [-0.3, -0.25) is 0 Å². The Morgan fingerprint density at radius 2 is 2.14 bits per heavy atom. The number of anilines is 1. The van der Waals surface area contributed by atoms with Crippen LogP contribution in [-0.4, -0.2) is 19.3 Å². The minimum atomic E-state index is 0.507. The maximum atomic E-state index is 5.14. The van der Waals surface area contributed by atoms with E-state index in [-0.39, 0.29) is 0 Å². The van der Waals surface area contributed by atoms with Crippen molar-refractivity contribution in [3.05, 3.63) is 29.6 Å². The van der Waals surface area contributed by atoms with E-state index in [2.05, 4.69) is 35.0 Å². The van der Waals surface area contributed by atoms with Crippen molar-refractivity contribution in [1.82, 2.24) is 0 Å². The Hall–Kier alpha value is -1.06. The predicted octanol–water partition coefficient (Wildman–Crippen LogP) is 2.71. The highest BCUT2D eigenvalue weighted by atomic mass is 32.1. The van der Waals surface area contributed by atoms with Crippen LogP contribution in [0.5, 0.6) is 0 Å². The molecule has 0 bridgehead atoms. The third-order valence-corrected chi connectivity index (χ3v) is 3.44. The van der Waals surface area contributed by atoms with Crippen LogP contribution in [0.4, 0.5) is 5.69 Å². The molecule has 1 aliphatic rings.